The number of nitrogens with zero attached hydrogens (tertiary/aromatic N) is 1. The minimum Gasteiger partial charge on any atom is -0.351 e. The van der Waals surface area contributed by atoms with Crippen LogP contribution < -0.4 is 4.90 Å². The van der Waals surface area contributed by atoms with Crippen molar-refractivity contribution in [3.05, 3.63) is 77.5 Å². The molecule has 4 heteroatoms. The molecule has 1 aliphatic carbocycles. The van der Waals surface area contributed by atoms with Gasteiger partial charge in [0, 0.05) is 30.1 Å². The molecule has 27 heavy (non-hydrogen) atoms. The van der Waals surface area contributed by atoms with E-state index >= 15 is 0 Å². The molecule has 1 saturated carbocycles. The maximum Gasteiger partial charge on any atom is 0.184 e. The topological polar surface area (TPSA) is 38.8 Å². The summed E-state index contributed by atoms with van der Waals surface area (Å²) in [6.45, 7) is 3.28. The maximum atomic E-state index is 13.3. The Morgan fingerprint density at radius 1 is 1.07 bits per heavy atom. The summed E-state index contributed by atoms with van der Waals surface area (Å²) in [5.41, 5.74) is 3.47. The van der Waals surface area contributed by atoms with E-state index in [9.17, 15) is 4.79 Å². The van der Waals surface area contributed by atoms with E-state index in [-0.39, 0.29) is 12.1 Å². The lowest BCUT2D eigenvalue weighted by Crippen LogP contribution is -2.28. The molecule has 4 rings (SSSR count). The highest BCUT2D eigenvalue weighted by molar-refractivity contribution is 6.05. The van der Waals surface area contributed by atoms with E-state index < -0.39 is 5.41 Å². The number of ketones is 1. The summed E-state index contributed by atoms with van der Waals surface area (Å²) in [6.07, 6.45) is 3.27. The van der Waals surface area contributed by atoms with Gasteiger partial charge in [-0.1, -0.05) is 36.4 Å². The number of carbonyl (C=O) groups excluding carboxylic acids is 1. The van der Waals surface area contributed by atoms with Gasteiger partial charge in [-0.15, -0.1) is 0 Å². The van der Waals surface area contributed by atoms with Gasteiger partial charge in [-0.05, 0) is 43.5 Å². The Bertz CT molecular complexity index is 855. The van der Waals surface area contributed by atoms with Gasteiger partial charge in [0.15, 0.2) is 12.1 Å². The fourth-order valence-corrected chi connectivity index (χ4v) is 3.92. The van der Waals surface area contributed by atoms with Gasteiger partial charge in [-0.25, -0.2) is 0 Å². The van der Waals surface area contributed by atoms with Gasteiger partial charge in [0.05, 0.1) is 18.6 Å². The second kappa shape index (κ2) is 7.29. The van der Waals surface area contributed by atoms with Crippen LogP contribution >= 0.6 is 0 Å². The molecule has 0 amide bonds. The SMILES string of the molecule is CN(/C=C1/CC[C@@](C)(c2cccc(C3OCCO3)c2)C1=O)c1ccccc1. The lowest BCUT2D eigenvalue weighted by Gasteiger charge is -2.24. The number of carbonyl (C=O) groups is 1. The standard InChI is InChI=1S/C23H25NO3/c1-23(19-8-6-7-17(15-19)22-26-13-14-27-22)12-11-18(21(23)25)16-24(2)20-9-4-3-5-10-20/h3-10,15-16,22H,11-14H2,1-2H3/b18-16-/t23-/m0/s1. The molecule has 140 valence electrons. The third-order valence-corrected chi connectivity index (χ3v) is 5.62. The zero-order valence-corrected chi connectivity index (χ0v) is 15.9. The van der Waals surface area contributed by atoms with Crippen molar-refractivity contribution in [2.75, 3.05) is 25.2 Å². The number of rotatable bonds is 4. The van der Waals surface area contributed by atoms with E-state index in [1.54, 1.807) is 0 Å². The summed E-state index contributed by atoms with van der Waals surface area (Å²) in [5, 5.41) is 0. The molecule has 0 N–H and O–H groups in total. The smallest absolute Gasteiger partial charge is 0.184 e. The Balaban J connectivity index is 1.58. The van der Waals surface area contributed by atoms with Gasteiger partial charge in [-0.2, -0.15) is 0 Å². The number of Topliss-reactive ketones (excluding diaryl/α,β-unsaturated/α-hetero) is 1. The van der Waals surface area contributed by atoms with Crippen molar-refractivity contribution in [2.24, 2.45) is 0 Å². The van der Waals surface area contributed by atoms with E-state index in [4.69, 9.17) is 9.47 Å². The Kier molecular flexibility index (Phi) is 4.85. The van der Waals surface area contributed by atoms with Crippen LogP contribution in [0.2, 0.25) is 0 Å². The van der Waals surface area contributed by atoms with Gasteiger partial charge in [0.25, 0.3) is 0 Å². The van der Waals surface area contributed by atoms with Gasteiger partial charge in [0.1, 0.15) is 0 Å². The van der Waals surface area contributed by atoms with E-state index in [0.717, 1.165) is 35.2 Å². The Morgan fingerprint density at radius 2 is 1.81 bits per heavy atom. The first-order valence-electron chi connectivity index (χ1n) is 9.45. The molecule has 0 radical (unpaired) electrons. The number of allylic oxidation sites excluding steroid dienone is 1. The van der Waals surface area contributed by atoms with Crippen LogP contribution in [0.5, 0.6) is 0 Å². The van der Waals surface area contributed by atoms with Crippen LogP contribution in [0.4, 0.5) is 5.69 Å². The van der Waals surface area contributed by atoms with Crippen molar-refractivity contribution in [3.63, 3.8) is 0 Å². The summed E-state index contributed by atoms with van der Waals surface area (Å²) in [6, 6.07) is 18.2. The van der Waals surface area contributed by atoms with E-state index in [0.29, 0.717) is 13.2 Å². The predicted molar refractivity (Wildman–Crippen MR) is 106 cm³/mol. The van der Waals surface area contributed by atoms with Crippen molar-refractivity contribution in [3.8, 4) is 0 Å². The van der Waals surface area contributed by atoms with E-state index in [1.807, 2.05) is 73.6 Å². The fraction of sp³-hybridized carbons (Fsp3) is 0.348. The van der Waals surface area contributed by atoms with Crippen LogP contribution in [0.15, 0.2) is 66.4 Å². The Hall–Kier alpha value is -2.43. The molecule has 4 nitrogen and oxygen atoms in total. The summed E-state index contributed by atoms with van der Waals surface area (Å²) >= 11 is 0. The first-order valence-corrected chi connectivity index (χ1v) is 9.45. The molecule has 2 aromatic rings. The number of ether oxygens (including phenoxy) is 2. The largest absolute Gasteiger partial charge is 0.351 e. The van der Waals surface area contributed by atoms with Gasteiger partial charge in [-0.3, -0.25) is 4.79 Å². The fourth-order valence-electron chi connectivity index (χ4n) is 3.92. The molecule has 0 aromatic heterocycles. The van der Waals surface area contributed by atoms with Gasteiger partial charge < -0.3 is 14.4 Å². The molecule has 1 saturated heterocycles. The molecule has 0 bridgehead atoms. The number of hydrogen-bond acceptors (Lipinski definition) is 4. The molecule has 0 spiro atoms. The van der Waals surface area contributed by atoms with Crippen LogP contribution in [-0.4, -0.2) is 26.0 Å². The number of anilines is 1. The Labute approximate surface area is 160 Å². The summed E-state index contributed by atoms with van der Waals surface area (Å²) < 4.78 is 11.2. The number of para-hydroxylation sites is 1. The second-order valence-corrected chi connectivity index (χ2v) is 7.46. The first kappa shape index (κ1) is 18.0. The molecule has 1 aliphatic heterocycles. The van der Waals surface area contributed by atoms with Crippen molar-refractivity contribution >= 4 is 11.5 Å². The number of hydrogen-bond donors (Lipinski definition) is 0. The molecule has 2 aromatic carbocycles. The lowest BCUT2D eigenvalue weighted by molar-refractivity contribution is -0.118. The molecule has 0 unspecified atom stereocenters. The maximum absolute atomic E-state index is 13.3. The van der Waals surface area contributed by atoms with Crippen LogP contribution in [0.25, 0.3) is 0 Å². The lowest BCUT2D eigenvalue weighted by atomic mass is 9.79. The Morgan fingerprint density at radius 3 is 2.56 bits per heavy atom. The minimum atomic E-state index is -0.502. The van der Waals surface area contributed by atoms with Gasteiger partial charge in [0.2, 0.25) is 0 Å². The van der Waals surface area contributed by atoms with Crippen LogP contribution in [0, 0.1) is 0 Å². The number of benzene rings is 2. The quantitative estimate of drug-likeness (QED) is 0.756. The second-order valence-electron chi connectivity index (χ2n) is 7.46. The molecular formula is C23H25NO3. The zero-order chi connectivity index (χ0) is 18.9. The highest BCUT2D eigenvalue weighted by atomic mass is 16.7. The molecular weight excluding hydrogens is 338 g/mol. The summed E-state index contributed by atoms with van der Waals surface area (Å²) in [5.74, 6) is 0.204. The van der Waals surface area contributed by atoms with Crippen LogP contribution in [0.1, 0.15) is 37.2 Å². The highest BCUT2D eigenvalue weighted by Gasteiger charge is 2.42. The average Bonchev–Trinajstić information content (AvgIpc) is 3.34. The van der Waals surface area contributed by atoms with Crippen LogP contribution in [-0.2, 0) is 19.7 Å². The zero-order valence-electron chi connectivity index (χ0n) is 15.9. The van der Waals surface area contributed by atoms with Crippen molar-refractivity contribution in [1.82, 2.24) is 0 Å². The summed E-state index contributed by atoms with van der Waals surface area (Å²) in [7, 11) is 1.99. The van der Waals surface area contributed by atoms with E-state index in [2.05, 4.69) is 6.07 Å². The van der Waals surface area contributed by atoms with E-state index in [1.165, 1.54) is 0 Å². The van der Waals surface area contributed by atoms with Crippen LogP contribution in [0.3, 0.4) is 0 Å². The monoisotopic (exact) mass is 363 g/mol. The average molecular weight is 363 g/mol. The minimum absolute atomic E-state index is 0.204. The normalized spacial score (nSPS) is 24.7. The third kappa shape index (κ3) is 3.43. The molecule has 1 atom stereocenters. The van der Waals surface area contributed by atoms with Gasteiger partial charge >= 0.3 is 0 Å². The molecule has 1 heterocycles. The summed E-state index contributed by atoms with van der Waals surface area (Å²) in [4.78, 5) is 15.3. The molecule has 2 fully saturated rings. The van der Waals surface area contributed by atoms with Crippen molar-refractivity contribution < 1.29 is 14.3 Å². The molecule has 2 aliphatic rings. The van der Waals surface area contributed by atoms with Crippen molar-refractivity contribution in [2.45, 2.75) is 31.5 Å². The predicted octanol–water partition coefficient (Wildman–Crippen LogP) is 4.37. The van der Waals surface area contributed by atoms with Crippen molar-refractivity contribution in [1.29, 1.82) is 0 Å². The highest BCUT2D eigenvalue weighted by Crippen LogP contribution is 2.42. The first-order chi connectivity index (χ1) is 13.1. The third-order valence-electron chi connectivity index (χ3n) is 5.62.